The van der Waals surface area contributed by atoms with Crippen molar-refractivity contribution in [2.24, 2.45) is 0 Å². The molecule has 0 aliphatic rings. The molecule has 0 N–H and O–H groups in total. The van der Waals surface area contributed by atoms with Crippen LogP contribution in [0.3, 0.4) is 0 Å². The average Bonchev–Trinajstić information content (AvgIpc) is 3.04. The fraction of sp³-hybridized carbons (Fsp3) is 0.211. The van der Waals surface area contributed by atoms with Crippen LogP contribution in [0.4, 0.5) is 0 Å². The molecule has 0 fully saturated rings. The highest BCUT2D eigenvalue weighted by molar-refractivity contribution is 6.31. The van der Waals surface area contributed by atoms with Crippen LogP contribution < -0.4 is 9.47 Å². The summed E-state index contributed by atoms with van der Waals surface area (Å²) in [7, 11) is 1.58. The minimum absolute atomic E-state index is 0.120. The van der Waals surface area contributed by atoms with Gasteiger partial charge in [-0.25, -0.2) is 0 Å². The first-order valence-corrected chi connectivity index (χ1v) is 8.44. The number of hydrogen-bond donors (Lipinski definition) is 0. The van der Waals surface area contributed by atoms with E-state index in [2.05, 4.69) is 10.1 Å². The Bertz CT molecular complexity index is 937. The van der Waals surface area contributed by atoms with Crippen molar-refractivity contribution in [2.45, 2.75) is 20.0 Å². The van der Waals surface area contributed by atoms with Crippen LogP contribution in [0.5, 0.6) is 11.8 Å². The number of hydrogen-bond acceptors (Lipinski definition) is 5. The van der Waals surface area contributed by atoms with E-state index in [1.165, 1.54) is 4.68 Å². The summed E-state index contributed by atoms with van der Waals surface area (Å²) in [6.45, 7) is 3.73. The maximum absolute atomic E-state index is 13.0. The van der Waals surface area contributed by atoms with Crippen LogP contribution in [-0.4, -0.2) is 33.9 Å². The fourth-order valence-corrected chi connectivity index (χ4v) is 2.58. The molecule has 1 heterocycles. The Kier molecular flexibility index (Phi) is 5.23. The van der Waals surface area contributed by atoms with Gasteiger partial charge in [0.25, 0.3) is 5.91 Å². The number of aromatic nitrogens is 3. The molecule has 0 saturated heterocycles. The number of ether oxygens (including phenoxy) is 2. The van der Waals surface area contributed by atoms with E-state index in [1.807, 2.05) is 32.0 Å². The number of carbonyl (C=O) groups excluding carboxylic acids is 1. The molecule has 0 bridgehead atoms. The topological polar surface area (TPSA) is 66.2 Å². The lowest BCUT2D eigenvalue weighted by atomic mass is 10.2. The summed E-state index contributed by atoms with van der Waals surface area (Å²) in [6.07, 6.45) is -0.120. The molecular weight excluding hydrogens is 354 g/mol. The second-order valence-electron chi connectivity index (χ2n) is 5.84. The van der Waals surface area contributed by atoms with Crippen LogP contribution in [0, 0.1) is 0 Å². The Hall–Kier alpha value is -2.86. The summed E-state index contributed by atoms with van der Waals surface area (Å²) in [5.74, 6) is 0.666. The molecule has 0 radical (unpaired) electrons. The van der Waals surface area contributed by atoms with E-state index in [0.717, 1.165) is 0 Å². The summed E-state index contributed by atoms with van der Waals surface area (Å²) < 4.78 is 12.0. The molecule has 0 amide bonds. The van der Waals surface area contributed by atoms with Gasteiger partial charge in [0.1, 0.15) is 5.75 Å². The van der Waals surface area contributed by atoms with Crippen LogP contribution in [0.25, 0.3) is 11.4 Å². The van der Waals surface area contributed by atoms with Gasteiger partial charge in [-0.3, -0.25) is 4.79 Å². The minimum atomic E-state index is -0.351. The normalized spacial score (nSPS) is 10.8. The van der Waals surface area contributed by atoms with Crippen molar-refractivity contribution in [1.82, 2.24) is 14.8 Å². The molecule has 7 heteroatoms. The highest BCUT2D eigenvalue weighted by Crippen LogP contribution is 2.25. The van der Waals surface area contributed by atoms with Crippen LogP contribution in [0.15, 0.2) is 48.5 Å². The van der Waals surface area contributed by atoms with Gasteiger partial charge in [0.05, 0.1) is 13.2 Å². The van der Waals surface area contributed by atoms with Gasteiger partial charge in [-0.1, -0.05) is 29.8 Å². The molecule has 3 aromatic rings. The maximum atomic E-state index is 13.0. The van der Waals surface area contributed by atoms with E-state index in [4.69, 9.17) is 21.1 Å². The van der Waals surface area contributed by atoms with Crippen molar-refractivity contribution in [3.63, 3.8) is 0 Å². The van der Waals surface area contributed by atoms with Gasteiger partial charge in [-0.05, 0) is 44.2 Å². The van der Waals surface area contributed by atoms with E-state index in [-0.39, 0.29) is 18.0 Å². The summed E-state index contributed by atoms with van der Waals surface area (Å²) in [5, 5.41) is 4.71. The van der Waals surface area contributed by atoms with Gasteiger partial charge in [-0.15, -0.1) is 5.10 Å². The SMILES string of the molecule is COc1cccc(-c2nc(OC(C)C)nn2C(=O)c2cccc(Cl)c2)c1. The number of carbonyl (C=O) groups is 1. The van der Waals surface area contributed by atoms with Crippen molar-refractivity contribution in [3.05, 3.63) is 59.1 Å². The van der Waals surface area contributed by atoms with Crippen molar-refractivity contribution in [1.29, 1.82) is 0 Å². The van der Waals surface area contributed by atoms with Gasteiger partial charge in [-0.2, -0.15) is 9.67 Å². The summed E-state index contributed by atoms with van der Waals surface area (Å²) >= 11 is 6.01. The lowest BCUT2D eigenvalue weighted by molar-refractivity contribution is 0.0943. The summed E-state index contributed by atoms with van der Waals surface area (Å²) in [5.41, 5.74) is 1.09. The van der Waals surface area contributed by atoms with Crippen LogP contribution in [-0.2, 0) is 0 Å². The maximum Gasteiger partial charge on any atom is 0.336 e. The van der Waals surface area contributed by atoms with E-state index in [9.17, 15) is 4.79 Å². The summed E-state index contributed by atoms with van der Waals surface area (Å²) in [6, 6.07) is 14.1. The number of halogens is 1. The predicted molar refractivity (Wildman–Crippen MR) is 99.0 cm³/mol. The molecule has 26 heavy (non-hydrogen) atoms. The first kappa shape index (κ1) is 17.9. The number of nitrogens with zero attached hydrogens (tertiary/aromatic N) is 3. The third kappa shape index (κ3) is 3.86. The van der Waals surface area contributed by atoms with Gasteiger partial charge >= 0.3 is 6.01 Å². The molecule has 0 aliphatic heterocycles. The summed E-state index contributed by atoms with van der Waals surface area (Å²) in [4.78, 5) is 17.3. The zero-order valence-electron chi connectivity index (χ0n) is 14.6. The molecular formula is C19H18ClN3O3. The molecule has 134 valence electrons. The molecule has 2 aromatic carbocycles. The lowest BCUT2D eigenvalue weighted by Gasteiger charge is -2.06. The lowest BCUT2D eigenvalue weighted by Crippen LogP contribution is -2.15. The first-order valence-electron chi connectivity index (χ1n) is 8.06. The highest BCUT2D eigenvalue weighted by Gasteiger charge is 2.21. The van der Waals surface area contributed by atoms with Crippen molar-refractivity contribution in [3.8, 4) is 23.1 Å². The van der Waals surface area contributed by atoms with Crippen LogP contribution >= 0.6 is 11.6 Å². The molecule has 0 atom stereocenters. The number of rotatable bonds is 5. The second-order valence-corrected chi connectivity index (χ2v) is 6.28. The van der Waals surface area contributed by atoms with Gasteiger partial charge in [0.15, 0.2) is 5.82 Å². The predicted octanol–water partition coefficient (Wildman–Crippen LogP) is 4.08. The second kappa shape index (κ2) is 7.58. The molecule has 0 unspecified atom stereocenters. The molecule has 0 saturated carbocycles. The molecule has 1 aromatic heterocycles. The van der Waals surface area contributed by atoms with E-state index in [1.54, 1.807) is 37.4 Å². The Morgan fingerprint density at radius 3 is 2.62 bits per heavy atom. The Labute approximate surface area is 156 Å². The molecule has 0 aliphatic carbocycles. The molecule has 0 spiro atoms. The van der Waals surface area contributed by atoms with Crippen LogP contribution in [0.2, 0.25) is 5.02 Å². The quantitative estimate of drug-likeness (QED) is 0.676. The highest BCUT2D eigenvalue weighted by atomic mass is 35.5. The monoisotopic (exact) mass is 371 g/mol. The number of benzene rings is 2. The third-order valence-corrected chi connectivity index (χ3v) is 3.76. The van der Waals surface area contributed by atoms with E-state index in [0.29, 0.717) is 27.7 Å². The Morgan fingerprint density at radius 1 is 1.15 bits per heavy atom. The van der Waals surface area contributed by atoms with Gasteiger partial charge in [0, 0.05) is 16.1 Å². The zero-order valence-corrected chi connectivity index (χ0v) is 15.4. The first-order chi connectivity index (χ1) is 12.5. The Balaban J connectivity index is 2.10. The van der Waals surface area contributed by atoms with Gasteiger partial charge in [0.2, 0.25) is 0 Å². The number of methoxy groups -OCH3 is 1. The van der Waals surface area contributed by atoms with Gasteiger partial charge < -0.3 is 9.47 Å². The van der Waals surface area contributed by atoms with Crippen molar-refractivity contribution in [2.75, 3.05) is 7.11 Å². The van der Waals surface area contributed by atoms with E-state index >= 15 is 0 Å². The molecule has 6 nitrogen and oxygen atoms in total. The smallest absolute Gasteiger partial charge is 0.336 e. The van der Waals surface area contributed by atoms with Crippen molar-refractivity contribution >= 4 is 17.5 Å². The average molecular weight is 372 g/mol. The third-order valence-electron chi connectivity index (χ3n) is 3.52. The minimum Gasteiger partial charge on any atom is -0.497 e. The van der Waals surface area contributed by atoms with E-state index < -0.39 is 0 Å². The van der Waals surface area contributed by atoms with Crippen molar-refractivity contribution < 1.29 is 14.3 Å². The van der Waals surface area contributed by atoms with Crippen LogP contribution in [0.1, 0.15) is 24.2 Å². The fourth-order valence-electron chi connectivity index (χ4n) is 2.39. The largest absolute Gasteiger partial charge is 0.497 e. The standard InChI is InChI=1S/C19H18ClN3O3/c1-12(2)26-19-21-17(13-6-5-9-16(11-13)25-3)23(22-19)18(24)14-7-4-8-15(20)10-14/h4-12H,1-3H3. The Morgan fingerprint density at radius 2 is 1.92 bits per heavy atom. The molecule has 3 rings (SSSR count). The zero-order chi connectivity index (χ0) is 18.7.